The maximum Gasteiger partial charge on any atom is 0.270 e. The van der Waals surface area contributed by atoms with Crippen LogP contribution in [0.2, 0.25) is 0 Å². The molecule has 0 bridgehead atoms. The van der Waals surface area contributed by atoms with Gasteiger partial charge in [0.1, 0.15) is 0 Å². The molecule has 1 aliphatic heterocycles. The Hall–Kier alpha value is -2.60. The smallest absolute Gasteiger partial charge is 0.270 e. The van der Waals surface area contributed by atoms with Gasteiger partial charge in [-0.3, -0.25) is 14.9 Å². The van der Waals surface area contributed by atoms with Gasteiger partial charge >= 0.3 is 0 Å². The number of thioether (sulfide) groups is 1. The third-order valence-corrected chi connectivity index (χ3v) is 4.54. The first kappa shape index (κ1) is 15.3. The van der Waals surface area contributed by atoms with E-state index in [0.717, 1.165) is 16.3 Å². The second-order valence-electron chi connectivity index (χ2n) is 4.99. The fourth-order valence-electron chi connectivity index (χ4n) is 2.40. The number of hydrogen-bond acceptors (Lipinski definition) is 4. The number of hydrogen-bond donors (Lipinski definition) is 0. The summed E-state index contributed by atoms with van der Waals surface area (Å²) in [6.45, 7) is 0.653. The summed E-state index contributed by atoms with van der Waals surface area (Å²) < 4.78 is 0. The number of benzene rings is 2. The summed E-state index contributed by atoms with van der Waals surface area (Å²) in [6, 6.07) is 14.0. The van der Waals surface area contributed by atoms with Crippen molar-refractivity contribution >= 4 is 35.1 Å². The van der Waals surface area contributed by atoms with Crippen LogP contribution >= 0.6 is 11.8 Å². The number of non-ortho nitro benzene ring substituents is 1. The summed E-state index contributed by atoms with van der Waals surface area (Å²) >= 11 is 1.74. The van der Waals surface area contributed by atoms with E-state index in [-0.39, 0.29) is 11.6 Å². The number of nitro groups is 1. The number of nitrogens with zero attached hydrogens (tertiary/aromatic N) is 2. The Morgan fingerprint density at radius 2 is 2.04 bits per heavy atom. The van der Waals surface area contributed by atoms with Gasteiger partial charge in [-0.2, -0.15) is 0 Å². The molecule has 0 saturated heterocycles. The van der Waals surface area contributed by atoms with Crippen LogP contribution in [0.5, 0.6) is 0 Å². The highest BCUT2D eigenvalue weighted by molar-refractivity contribution is 7.99. The number of carbonyl (C=O) groups excluding carboxylic acids is 1. The van der Waals surface area contributed by atoms with Crippen molar-refractivity contribution in [1.82, 2.24) is 0 Å². The molecule has 6 heteroatoms. The van der Waals surface area contributed by atoms with E-state index in [0.29, 0.717) is 12.1 Å². The first-order chi connectivity index (χ1) is 11.1. The lowest BCUT2D eigenvalue weighted by atomic mass is 10.2. The van der Waals surface area contributed by atoms with Crippen molar-refractivity contribution in [2.24, 2.45) is 0 Å². The molecule has 0 radical (unpaired) electrons. The van der Waals surface area contributed by atoms with Gasteiger partial charge < -0.3 is 4.90 Å². The summed E-state index contributed by atoms with van der Waals surface area (Å²) in [6.07, 6.45) is 3.07. The Morgan fingerprint density at radius 1 is 1.22 bits per heavy atom. The lowest BCUT2D eigenvalue weighted by Crippen LogP contribution is -2.34. The standard InChI is InChI=1S/C17H14N2O3S/c20-17(9-8-13-4-3-5-14(12-13)19(21)22)18-10-11-23-16-7-2-1-6-15(16)18/h1-9,12H,10-11H2/b9-8+. The molecule has 1 heterocycles. The summed E-state index contributed by atoms with van der Waals surface area (Å²) in [5.41, 5.74) is 1.56. The molecule has 0 unspecified atom stereocenters. The maximum absolute atomic E-state index is 12.4. The molecule has 0 saturated carbocycles. The average Bonchev–Trinajstić information content (AvgIpc) is 2.59. The molecule has 2 aromatic rings. The molecule has 116 valence electrons. The summed E-state index contributed by atoms with van der Waals surface area (Å²) in [7, 11) is 0. The fourth-order valence-corrected chi connectivity index (χ4v) is 3.39. The normalized spacial score (nSPS) is 13.8. The molecule has 1 amide bonds. The highest BCUT2D eigenvalue weighted by Crippen LogP contribution is 2.34. The van der Waals surface area contributed by atoms with E-state index in [1.807, 2.05) is 24.3 Å². The molecule has 0 fully saturated rings. The molecular formula is C17H14N2O3S. The van der Waals surface area contributed by atoms with E-state index in [1.165, 1.54) is 18.2 Å². The quantitative estimate of drug-likeness (QED) is 0.489. The summed E-state index contributed by atoms with van der Waals surface area (Å²) in [5.74, 6) is 0.734. The Morgan fingerprint density at radius 3 is 2.87 bits per heavy atom. The third-order valence-electron chi connectivity index (χ3n) is 3.49. The number of para-hydroxylation sites is 1. The van der Waals surface area contributed by atoms with Crippen molar-refractivity contribution < 1.29 is 9.72 Å². The lowest BCUT2D eigenvalue weighted by Gasteiger charge is -2.27. The van der Waals surface area contributed by atoms with E-state index in [1.54, 1.807) is 34.9 Å². The van der Waals surface area contributed by atoms with Crippen LogP contribution in [0.3, 0.4) is 0 Å². The molecule has 5 nitrogen and oxygen atoms in total. The topological polar surface area (TPSA) is 63.4 Å². The van der Waals surface area contributed by atoms with Gasteiger partial charge in [-0.15, -0.1) is 11.8 Å². The number of nitro benzene ring substituents is 1. The molecule has 23 heavy (non-hydrogen) atoms. The first-order valence-corrected chi connectivity index (χ1v) is 8.09. The van der Waals surface area contributed by atoms with Gasteiger partial charge in [0, 0.05) is 35.4 Å². The molecular weight excluding hydrogens is 312 g/mol. The van der Waals surface area contributed by atoms with Gasteiger partial charge in [0.25, 0.3) is 11.6 Å². The van der Waals surface area contributed by atoms with Crippen LogP contribution < -0.4 is 4.90 Å². The highest BCUT2D eigenvalue weighted by Gasteiger charge is 2.20. The molecule has 0 aliphatic carbocycles. The van der Waals surface area contributed by atoms with Crippen LogP contribution in [0.1, 0.15) is 5.56 Å². The SMILES string of the molecule is O=C(/C=C/c1cccc([N+](=O)[O-])c1)N1CCSc2ccccc21. The fraction of sp³-hybridized carbons (Fsp3) is 0.118. The molecule has 2 aromatic carbocycles. The number of amides is 1. The van der Waals surface area contributed by atoms with Gasteiger partial charge in [-0.25, -0.2) is 0 Å². The average molecular weight is 326 g/mol. The third kappa shape index (κ3) is 3.43. The minimum absolute atomic E-state index is 0.0133. The van der Waals surface area contributed by atoms with E-state index in [4.69, 9.17) is 0 Å². The first-order valence-electron chi connectivity index (χ1n) is 7.11. The van der Waals surface area contributed by atoms with Gasteiger partial charge in [-0.05, 0) is 23.8 Å². The van der Waals surface area contributed by atoms with Crippen LogP contribution in [-0.4, -0.2) is 23.1 Å². The largest absolute Gasteiger partial charge is 0.307 e. The van der Waals surface area contributed by atoms with Crippen molar-refractivity contribution in [3.05, 3.63) is 70.3 Å². The second kappa shape index (κ2) is 6.66. The van der Waals surface area contributed by atoms with Crippen LogP contribution in [0.4, 0.5) is 11.4 Å². The number of carbonyl (C=O) groups is 1. The zero-order chi connectivity index (χ0) is 16.2. The van der Waals surface area contributed by atoms with Crippen molar-refractivity contribution in [1.29, 1.82) is 0 Å². The summed E-state index contributed by atoms with van der Waals surface area (Å²) in [5, 5.41) is 10.8. The predicted octanol–water partition coefficient (Wildman–Crippen LogP) is 3.75. The zero-order valence-corrected chi connectivity index (χ0v) is 13.0. The Balaban J connectivity index is 1.80. The summed E-state index contributed by atoms with van der Waals surface area (Å²) in [4.78, 5) is 25.6. The Bertz CT molecular complexity index is 789. The number of fused-ring (bicyclic) bond motifs is 1. The minimum Gasteiger partial charge on any atom is -0.307 e. The second-order valence-corrected chi connectivity index (χ2v) is 6.13. The van der Waals surface area contributed by atoms with Crippen LogP contribution in [0.15, 0.2) is 59.5 Å². The van der Waals surface area contributed by atoms with Gasteiger partial charge in [0.15, 0.2) is 0 Å². The molecule has 0 aromatic heterocycles. The van der Waals surface area contributed by atoms with Crippen molar-refractivity contribution in [3.8, 4) is 0 Å². The number of rotatable bonds is 3. The lowest BCUT2D eigenvalue weighted by molar-refractivity contribution is -0.384. The van der Waals surface area contributed by atoms with Crippen molar-refractivity contribution in [2.75, 3.05) is 17.2 Å². The number of anilines is 1. The van der Waals surface area contributed by atoms with Gasteiger partial charge in [0.05, 0.1) is 10.6 Å². The van der Waals surface area contributed by atoms with E-state index < -0.39 is 4.92 Å². The predicted molar refractivity (Wildman–Crippen MR) is 91.6 cm³/mol. The van der Waals surface area contributed by atoms with E-state index in [9.17, 15) is 14.9 Å². The molecule has 0 N–H and O–H groups in total. The maximum atomic E-state index is 12.4. The zero-order valence-electron chi connectivity index (χ0n) is 12.2. The van der Waals surface area contributed by atoms with Gasteiger partial charge in [0.2, 0.25) is 0 Å². The van der Waals surface area contributed by atoms with Crippen LogP contribution in [0.25, 0.3) is 6.08 Å². The van der Waals surface area contributed by atoms with E-state index in [2.05, 4.69) is 0 Å². The van der Waals surface area contributed by atoms with Crippen LogP contribution in [0, 0.1) is 10.1 Å². The minimum atomic E-state index is -0.447. The molecule has 3 rings (SSSR count). The molecule has 1 aliphatic rings. The Labute approximate surface area is 137 Å². The van der Waals surface area contributed by atoms with E-state index >= 15 is 0 Å². The molecule has 0 spiro atoms. The van der Waals surface area contributed by atoms with Crippen molar-refractivity contribution in [3.63, 3.8) is 0 Å². The van der Waals surface area contributed by atoms with Gasteiger partial charge in [-0.1, -0.05) is 24.3 Å². The monoisotopic (exact) mass is 326 g/mol. The van der Waals surface area contributed by atoms with Crippen molar-refractivity contribution in [2.45, 2.75) is 4.90 Å². The highest BCUT2D eigenvalue weighted by atomic mass is 32.2. The molecule has 0 atom stereocenters. The Kier molecular flexibility index (Phi) is 4.43. The van der Waals surface area contributed by atoms with Crippen LogP contribution in [-0.2, 0) is 4.79 Å².